The molecule has 0 aliphatic rings. The molecule has 0 fully saturated rings. The van der Waals surface area contributed by atoms with Crippen LogP contribution >= 0.6 is 0 Å². The number of hydrogen-bond donors (Lipinski definition) is 1. The van der Waals surface area contributed by atoms with Gasteiger partial charge in [0.1, 0.15) is 0 Å². The lowest BCUT2D eigenvalue weighted by atomic mass is 10.2. The number of amides is 1. The second-order valence-corrected chi connectivity index (χ2v) is 3.36. The minimum atomic E-state index is -0.0308. The average Bonchev–Trinajstić information content (AvgIpc) is 2.19. The normalized spacial score (nSPS) is 12.6. The van der Waals surface area contributed by atoms with E-state index in [1.54, 1.807) is 19.1 Å². The van der Waals surface area contributed by atoms with Crippen molar-refractivity contribution >= 4 is 12.6 Å². The fraction of sp³-hybridized carbons (Fsp3) is 0.455. The van der Waals surface area contributed by atoms with E-state index in [0.717, 1.165) is 5.70 Å². The van der Waals surface area contributed by atoms with Crippen LogP contribution in [0.1, 0.15) is 20.8 Å². The highest BCUT2D eigenvalue weighted by molar-refractivity contribution is 5.79. The van der Waals surface area contributed by atoms with Gasteiger partial charge in [-0.3, -0.25) is 4.79 Å². The first-order valence-electron chi connectivity index (χ1n) is 4.71. The Kier molecular flexibility index (Phi) is 6.09. The number of rotatable bonds is 5. The van der Waals surface area contributed by atoms with Crippen LogP contribution in [0, 0.1) is 5.92 Å². The molecule has 0 saturated carbocycles. The van der Waals surface area contributed by atoms with Crippen LogP contribution in [0.3, 0.4) is 0 Å². The maximum Gasteiger partial charge on any atom is 0.226 e. The Balaban J connectivity index is 4.38. The van der Waals surface area contributed by atoms with E-state index < -0.39 is 0 Å². The molecule has 0 unspecified atom stereocenters. The van der Waals surface area contributed by atoms with Crippen molar-refractivity contribution in [1.82, 2.24) is 5.32 Å². The second kappa shape index (κ2) is 6.81. The van der Waals surface area contributed by atoms with E-state index in [-0.39, 0.29) is 11.8 Å². The number of ether oxygens (including phenoxy) is 1. The van der Waals surface area contributed by atoms with Crippen molar-refractivity contribution < 1.29 is 9.53 Å². The van der Waals surface area contributed by atoms with Crippen LogP contribution in [0.4, 0.5) is 0 Å². The SMILES string of the molecule is C=N/C(=C\C=C(/C)NC(=O)C(C)C)OC. The molecule has 1 N–H and O–H groups in total. The van der Waals surface area contributed by atoms with Gasteiger partial charge in [-0.05, 0) is 19.7 Å². The fourth-order valence-corrected chi connectivity index (χ4v) is 0.762. The molecule has 0 aromatic rings. The van der Waals surface area contributed by atoms with Crippen LogP contribution in [-0.4, -0.2) is 19.7 Å². The monoisotopic (exact) mass is 210 g/mol. The van der Waals surface area contributed by atoms with Gasteiger partial charge in [0.15, 0.2) is 0 Å². The molecule has 0 aliphatic heterocycles. The summed E-state index contributed by atoms with van der Waals surface area (Å²) >= 11 is 0. The van der Waals surface area contributed by atoms with Crippen LogP contribution in [0.2, 0.25) is 0 Å². The molecule has 0 bridgehead atoms. The summed E-state index contributed by atoms with van der Waals surface area (Å²) in [7, 11) is 1.51. The van der Waals surface area contributed by atoms with E-state index in [0.29, 0.717) is 5.88 Å². The molecule has 0 aliphatic carbocycles. The van der Waals surface area contributed by atoms with Gasteiger partial charge in [-0.25, -0.2) is 4.99 Å². The van der Waals surface area contributed by atoms with Gasteiger partial charge >= 0.3 is 0 Å². The summed E-state index contributed by atoms with van der Waals surface area (Å²) in [5.41, 5.74) is 0.743. The Hall–Kier alpha value is -1.58. The molecule has 0 atom stereocenters. The first-order valence-corrected chi connectivity index (χ1v) is 4.71. The topological polar surface area (TPSA) is 50.7 Å². The highest BCUT2D eigenvalue weighted by Gasteiger charge is 2.05. The first kappa shape index (κ1) is 13.4. The van der Waals surface area contributed by atoms with Crippen molar-refractivity contribution in [3.8, 4) is 0 Å². The molecule has 0 rings (SSSR count). The van der Waals surface area contributed by atoms with Gasteiger partial charge in [0.2, 0.25) is 11.8 Å². The Morgan fingerprint density at radius 1 is 1.47 bits per heavy atom. The zero-order chi connectivity index (χ0) is 11.8. The van der Waals surface area contributed by atoms with Crippen molar-refractivity contribution in [2.45, 2.75) is 20.8 Å². The Morgan fingerprint density at radius 2 is 2.07 bits per heavy atom. The number of nitrogens with zero attached hydrogens (tertiary/aromatic N) is 1. The van der Waals surface area contributed by atoms with E-state index in [4.69, 9.17) is 4.74 Å². The molecule has 0 aromatic carbocycles. The molecular formula is C11H18N2O2. The van der Waals surface area contributed by atoms with Gasteiger partial charge in [-0.2, -0.15) is 0 Å². The molecule has 84 valence electrons. The van der Waals surface area contributed by atoms with Crippen molar-refractivity contribution in [2.75, 3.05) is 7.11 Å². The maximum absolute atomic E-state index is 11.3. The quantitative estimate of drug-likeness (QED) is 0.427. The lowest BCUT2D eigenvalue weighted by molar-refractivity contribution is -0.123. The molecule has 0 heterocycles. The molecule has 0 spiro atoms. The smallest absolute Gasteiger partial charge is 0.226 e. The molecule has 4 heteroatoms. The number of nitrogens with one attached hydrogen (secondary N) is 1. The zero-order valence-electron chi connectivity index (χ0n) is 9.70. The maximum atomic E-state index is 11.3. The summed E-state index contributed by atoms with van der Waals surface area (Å²) in [6.07, 6.45) is 3.36. The van der Waals surface area contributed by atoms with Gasteiger partial charge in [0, 0.05) is 17.7 Å². The van der Waals surface area contributed by atoms with Crippen LogP contribution in [0.15, 0.2) is 28.7 Å². The minimum absolute atomic E-state index is 0.0114. The van der Waals surface area contributed by atoms with Crippen LogP contribution in [-0.2, 0) is 9.53 Å². The van der Waals surface area contributed by atoms with Crippen molar-refractivity contribution in [2.24, 2.45) is 10.9 Å². The van der Waals surface area contributed by atoms with Crippen LogP contribution in [0.5, 0.6) is 0 Å². The van der Waals surface area contributed by atoms with E-state index in [1.165, 1.54) is 7.11 Å². The summed E-state index contributed by atoms with van der Waals surface area (Å²) in [5.74, 6) is 0.368. The Bertz CT molecular complexity index is 291. The third-order valence-corrected chi connectivity index (χ3v) is 1.69. The zero-order valence-corrected chi connectivity index (χ0v) is 9.70. The van der Waals surface area contributed by atoms with Crippen LogP contribution < -0.4 is 5.32 Å². The summed E-state index contributed by atoms with van der Waals surface area (Å²) in [5, 5.41) is 2.74. The van der Waals surface area contributed by atoms with Gasteiger partial charge < -0.3 is 10.1 Å². The predicted octanol–water partition coefficient (Wildman–Crippen LogP) is 1.85. The first-order chi connectivity index (χ1) is 7.01. The molecule has 15 heavy (non-hydrogen) atoms. The summed E-state index contributed by atoms with van der Waals surface area (Å²) < 4.78 is 4.88. The lowest BCUT2D eigenvalue weighted by Crippen LogP contribution is -2.25. The number of carbonyl (C=O) groups excluding carboxylic acids is 1. The van der Waals surface area contributed by atoms with E-state index in [9.17, 15) is 4.79 Å². The Morgan fingerprint density at radius 3 is 2.47 bits per heavy atom. The van der Waals surface area contributed by atoms with E-state index >= 15 is 0 Å². The van der Waals surface area contributed by atoms with Gasteiger partial charge in [0.05, 0.1) is 7.11 Å². The van der Waals surface area contributed by atoms with Gasteiger partial charge in [-0.15, -0.1) is 0 Å². The van der Waals surface area contributed by atoms with Crippen molar-refractivity contribution in [3.05, 3.63) is 23.7 Å². The third-order valence-electron chi connectivity index (χ3n) is 1.69. The lowest BCUT2D eigenvalue weighted by Gasteiger charge is -2.06. The standard InChI is InChI=1S/C11H18N2O2/c1-8(2)11(14)13-9(3)6-7-10(12-4)15-5/h6-8H,4H2,1-3,5H3,(H,13,14)/b9-6+,10-7+. The van der Waals surface area contributed by atoms with E-state index in [1.807, 2.05) is 13.8 Å². The highest BCUT2D eigenvalue weighted by atomic mass is 16.5. The number of allylic oxidation sites excluding steroid dienone is 3. The largest absolute Gasteiger partial charge is 0.481 e. The summed E-state index contributed by atoms with van der Waals surface area (Å²) in [6.45, 7) is 8.81. The van der Waals surface area contributed by atoms with Gasteiger partial charge in [0.25, 0.3) is 0 Å². The number of aliphatic imine (C=N–C) groups is 1. The number of carbonyl (C=O) groups is 1. The molecule has 1 amide bonds. The number of methoxy groups -OCH3 is 1. The minimum Gasteiger partial charge on any atom is -0.481 e. The second-order valence-electron chi connectivity index (χ2n) is 3.36. The fourth-order valence-electron chi connectivity index (χ4n) is 0.762. The summed E-state index contributed by atoms with van der Waals surface area (Å²) in [6, 6.07) is 0. The average molecular weight is 210 g/mol. The van der Waals surface area contributed by atoms with E-state index in [2.05, 4.69) is 17.0 Å². The molecule has 0 saturated heterocycles. The Labute approximate surface area is 90.7 Å². The van der Waals surface area contributed by atoms with Gasteiger partial charge in [-0.1, -0.05) is 13.8 Å². The molecule has 0 aromatic heterocycles. The third kappa shape index (κ3) is 5.67. The van der Waals surface area contributed by atoms with Crippen molar-refractivity contribution in [3.63, 3.8) is 0 Å². The van der Waals surface area contributed by atoms with Crippen LogP contribution in [0.25, 0.3) is 0 Å². The predicted molar refractivity (Wildman–Crippen MR) is 61.4 cm³/mol. The summed E-state index contributed by atoms with van der Waals surface area (Å²) in [4.78, 5) is 14.9. The van der Waals surface area contributed by atoms with Crippen molar-refractivity contribution in [1.29, 1.82) is 0 Å². The number of hydrogen-bond acceptors (Lipinski definition) is 3. The highest BCUT2D eigenvalue weighted by Crippen LogP contribution is 1.99. The molecule has 0 radical (unpaired) electrons. The molecular weight excluding hydrogens is 192 g/mol. The molecule has 4 nitrogen and oxygen atoms in total.